The molecular formula is C30H50O10. The van der Waals surface area contributed by atoms with E-state index in [0.717, 1.165) is 30.1 Å². The number of methoxy groups -OCH3 is 1. The largest absolute Gasteiger partial charge is 0.463 e. The lowest BCUT2D eigenvalue weighted by molar-refractivity contribution is -0.153. The van der Waals surface area contributed by atoms with Crippen molar-refractivity contribution in [2.24, 2.45) is 41.4 Å². The maximum atomic E-state index is 12.7. The Hall–Kier alpha value is -1.11. The maximum Gasteiger partial charge on any atom is 0.309 e. The fraction of sp³-hybridized carbons (Fsp3) is 0.900. The lowest BCUT2D eigenvalue weighted by Gasteiger charge is -2.35. The van der Waals surface area contributed by atoms with Gasteiger partial charge in [-0.2, -0.15) is 0 Å². The van der Waals surface area contributed by atoms with Crippen LogP contribution in [-0.2, 0) is 47.4 Å². The Kier molecular flexibility index (Phi) is 14.7. The molecule has 10 heteroatoms. The molecule has 0 amide bonds. The van der Waals surface area contributed by atoms with Crippen molar-refractivity contribution in [1.29, 1.82) is 0 Å². The van der Waals surface area contributed by atoms with E-state index in [9.17, 15) is 4.79 Å². The number of ether oxygens (including phenoxy) is 9. The quantitative estimate of drug-likeness (QED) is 0.0704. The van der Waals surface area contributed by atoms with E-state index < -0.39 is 0 Å². The first kappa shape index (κ1) is 31.8. The summed E-state index contributed by atoms with van der Waals surface area (Å²) in [6.45, 7) is 8.13. The Balaban J connectivity index is 0.837. The maximum absolute atomic E-state index is 12.7. The zero-order valence-corrected chi connectivity index (χ0v) is 24.2. The van der Waals surface area contributed by atoms with Gasteiger partial charge in [0, 0.05) is 7.11 Å². The normalized spacial score (nSPS) is 29.5. The van der Waals surface area contributed by atoms with E-state index in [2.05, 4.69) is 12.2 Å². The summed E-state index contributed by atoms with van der Waals surface area (Å²) in [6.07, 6.45) is 8.43. The minimum absolute atomic E-state index is 0.00710. The van der Waals surface area contributed by atoms with Crippen LogP contribution in [0.4, 0.5) is 0 Å². The predicted octanol–water partition coefficient (Wildman–Crippen LogP) is 2.39. The lowest BCUT2D eigenvalue weighted by Crippen LogP contribution is -2.35. The second-order valence-electron chi connectivity index (χ2n) is 11.1. The van der Waals surface area contributed by atoms with Crippen molar-refractivity contribution in [3.63, 3.8) is 0 Å². The molecule has 10 nitrogen and oxygen atoms in total. The minimum atomic E-state index is -0.00710. The van der Waals surface area contributed by atoms with Gasteiger partial charge in [0.1, 0.15) is 6.61 Å². The molecule has 3 fully saturated rings. The van der Waals surface area contributed by atoms with E-state index in [-0.39, 0.29) is 11.9 Å². The van der Waals surface area contributed by atoms with E-state index in [1.54, 1.807) is 7.11 Å². The van der Waals surface area contributed by atoms with Gasteiger partial charge < -0.3 is 42.6 Å². The third-order valence-electron chi connectivity index (χ3n) is 8.71. The number of carbonyl (C=O) groups is 1. The van der Waals surface area contributed by atoms with Crippen molar-refractivity contribution < 1.29 is 47.4 Å². The molecule has 0 spiro atoms. The van der Waals surface area contributed by atoms with Crippen LogP contribution in [-0.4, -0.2) is 119 Å². The molecule has 0 aromatic rings. The van der Waals surface area contributed by atoms with Crippen LogP contribution in [0.5, 0.6) is 0 Å². The average Bonchev–Trinajstić information content (AvgIpc) is 3.76. The molecule has 4 aliphatic carbocycles. The summed E-state index contributed by atoms with van der Waals surface area (Å²) in [7, 11) is 1.65. The van der Waals surface area contributed by atoms with E-state index in [1.165, 1.54) is 12.8 Å². The molecule has 3 saturated carbocycles. The molecule has 0 aromatic heterocycles. The number of esters is 1. The highest BCUT2D eigenvalue weighted by Crippen LogP contribution is 2.67. The molecule has 40 heavy (non-hydrogen) atoms. The third kappa shape index (κ3) is 9.73. The zero-order valence-electron chi connectivity index (χ0n) is 24.2. The number of allylic oxidation sites excluding steroid dienone is 2. The van der Waals surface area contributed by atoms with Gasteiger partial charge in [0.2, 0.25) is 0 Å². The van der Waals surface area contributed by atoms with Crippen LogP contribution in [0.2, 0.25) is 0 Å². The molecule has 0 aromatic carbocycles. The van der Waals surface area contributed by atoms with Gasteiger partial charge in [-0.25, -0.2) is 0 Å². The Bertz CT molecular complexity index is 733. The number of hydrogen-bond acceptors (Lipinski definition) is 10. The van der Waals surface area contributed by atoms with Gasteiger partial charge in [-0.3, -0.25) is 4.79 Å². The molecule has 0 saturated heterocycles. The highest BCUT2D eigenvalue weighted by Gasteiger charge is 2.62. The molecular weight excluding hydrogens is 520 g/mol. The van der Waals surface area contributed by atoms with E-state index in [4.69, 9.17) is 42.6 Å². The Morgan fingerprint density at radius 2 is 0.975 bits per heavy atom. The summed E-state index contributed by atoms with van der Waals surface area (Å²) >= 11 is 0. The van der Waals surface area contributed by atoms with Gasteiger partial charge in [-0.15, -0.1) is 0 Å². The number of rotatable bonds is 25. The van der Waals surface area contributed by atoms with Gasteiger partial charge in [0.25, 0.3) is 0 Å². The van der Waals surface area contributed by atoms with Crippen LogP contribution < -0.4 is 0 Å². The summed E-state index contributed by atoms with van der Waals surface area (Å²) in [6, 6.07) is 0. The predicted molar refractivity (Wildman–Crippen MR) is 146 cm³/mol. The van der Waals surface area contributed by atoms with Crippen molar-refractivity contribution in [3.8, 4) is 0 Å². The molecule has 7 unspecified atom stereocenters. The molecule has 0 aliphatic heterocycles. The van der Waals surface area contributed by atoms with Crippen LogP contribution in [0, 0.1) is 41.4 Å². The molecule has 0 radical (unpaired) electrons. The van der Waals surface area contributed by atoms with Gasteiger partial charge in [-0.1, -0.05) is 12.2 Å². The monoisotopic (exact) mass is 570 g/mol. The van der Waals surface area contributed by atoms with Crippen molar-refractivity contribution in [2.75, 3.05) is 113 Å². The number of hydrogen-bond donors (Lipinski definition) is 0. The average molecular weight is 571 g/mol. The summed E-state index contributed by atoms with van der Waals surface area (Å²) in [5, 5.41) is 0. The molecule has 4 aliphatic rings. The first-order chi connectivity index (χ1) is 19.8. The van der Waals surface area contributed by atoms with E-state index >= 15 is 0 Å². The van der Waals surface area contributed by atoms with E-state index in [1.807, 2.05) is 0 Å². The van der Waals surface area contributed by atoms with Crippen molar-refractivity contribution in [2.45, 2.75) is 19.3 Å². The SMILES string of the molecule is COCCOCCOCCOCCOCCOCCOCCOCCOC(=O)C1CC2CC1C1C3C=CC(C3)C21. The molecule has 0 heterocycles. The van der Waals surface area contributed by atoms with E-state index in [0.29, 0.717) is 118 Å². The first-order valence-electron chi connectivity index (χ1n) is 15.2. The minimum Gasteiger partial charge on any atom is -0.463 e. The number of carbonyl (C=O) groups excluding carboxylic acids is 1. The topological polar surface area (TPSA) is 100 Å². The van der Waals surface area contributed by atoms with Gasteiger partial charge in [0.05, 0.1) is 105 Å². The molecule has 0 N–H and O–H groups in total. The van der Waals surface area contributed by atoms with Crippen LogP contribution in [0.3, 0.4) is 0 Å². The van der Waals surface area contributed by atoms with Crippen molar-refractivity contribution in [3.05, 3.63) is 12.2 Å². The summed E-state index contributed by atoms with van der Waals surface area (Å²) < 4.78 is 48.6. The molecule has 230 valence electrons. The van der Waals surface area contributed by atoms with Gasteiger partial charge in [-0.05, 0) is 54.8 Å². The summed E-state index contributed by atoms with van der Waals surface area (Å²) in [4.78, 5) is 12.7. The van der Waals surface area contributed by atoms with Crippen LogP contribution in [0.25, 0.3) is 0 Å². The molecule has 4 bridgehead atoms. The summed E-state index contributed by atoms with van der Waals surface area (Å²) in [5.41, 5.74) is 0. The standard InChI is InChI=1S/C30H50O10/c1-32-4-5-33-6-7-34-8-9-35-10-11-36-12-13-37-14-15-38-16-17-39-18-19-40-30(31)27-22-25-21-26(27)29-24-3-2-23(20-24)28(25)29/h2-3,23-29H,4-22H2,1H3. The second-order valence-corrected chi connectivity index (χ2v) is 11.1. The van der Waals surface area contributed by atoms with Crippen molar-refractivity contribution in [1.82, 2.24) is 0 Å². The Labute approximate surface area is 239 Å². The Morgan fingerprint density at radius 1 is 0.550 bits per heavy atom. The third-order valence-corrected chi connectivity index (χ3v) is 8.71. The van der Waals surface area contributed by atoms with Crippen LogP contribution in [0.15, 0.2) is 12.2 Å². The second kappa shape index (κ2) is 18.4. The number of fused-ring (bicyclic) bond motifs is 9. The zero-order chi connectivity index (χ0) is 27.8. The van der Waals surface area contributed by atoms with Crippen molar-refractivity contribution >= 4 is 5.97 Å². The highest BCUT2D eigenvalue weighted by atomic mass is 16.6. The first-order valence-corrected chi connectivity index (χ1v) is 15.2. The molecule has 7 atom stereocenters. The Morgan fingerprint density at radius 3 is 1.45 bits per heavy atom. The van der Waals surface area contributed by atoms with Gasteiger partial charge in [0.15, 0.2) is 0 Å². The van der Waals surface area contributed by atoms with Gasteiger partial charge >= 0.3 is 5.97 Å². The van der Waals surface area contributed by atoms with Crippen LogP contribution in [0.1, 0.15) is 19.3 Å². The fourth-order valence-corrected chi connectivity index (χ4v) is 7.16. The molecule has 4 rings (SSSR count). The fourth-order valence-electron chi connectivity index (χ4n) is 7.16. The van der Waals surface area contributed by atoms with Crippen LogP contribution >= 0.6 is 0 Å². The highest BCUT2D eigenvalue weighted by molar-refractivity contribution is 5.73. The lowest BCUT2D eigenvalue weighted by atomic mass is 9.69. The smallest absolute Gasteiger partial charge is 0.309 e. The summed E-state index contributed by atoms with van der Waals surface area (Å²) in [5.74, 6) is 4.45.